The highest BCUT2D eigenvalue weighted by Crippen LogP contribution is 2.11. The molecule has 0 aromatic heterocycles. The zero-order chi connectivity index (χ0) is 5.70. The van der Waals surface area contributed by atoms with Crippen LogP contribution >= 0.6 is 0 Å². The largest absolute Gasteiger partial charge is 0.110 e. The molecule has 0 saturated carbocycles. The molecule has 0 rings (SSSR count). The summed E-state index contributed by atoms with van der Waals surface area (Å²) in [5, 5.41) is 0. The second-order valence-electron chi connectivity index (χ2n) is 1.91. The van der Waals surface area contributed by atoms with E-state index in [-0.39, 0.29) is 0 Å². The first-order chi connectivity index (χ1) is 3.35. The summed E-state index contributed by atoms with van der Waals surface area (Å²) in [6.07, 6.45) is 2.60. The van der Waals surface area contributed by atoms with Gasteiger partial charge in [0, 0.05) is 0 Å². The summed E-state index contributed by atoms with van der Waals surface area (Å²) >= 11 is 0. The highest BCUT2D eigenvalue weighted by Gasteiger charge is 1.97. The summed E-state index contributed by atoms with van der Waals surface area (Å²) < 4.78 is 0. The number of hydrogen-bond donors (Lipinski definition) is 0. The van der Waals surface area contributed by atoms with Crippen molar-refractivity contribution < 1.29 is 0 Å². The Morgan fingerprint density at radius 3 is 1.71 bits per heavy atom. The fourth-order valence-electron chi connectivity index (χ4n) is 0.760. The predicted octanol–water partition coefficient (Wildman–Crippen LogP) is 2.35. The molecule has 0 spiro atoms. The smallest absolute Gasteiger partial charge is 0.0917 e. The standard InChI is InChI=1S/C6H14B/c1-4-6(5-2)7-3/h6H,4-5H2,1-3H3. The summed E-state index contributed by atoms with van der Waals surface area (Å²) in [6, 6.07) is 0. The van der Waals surface area contributed by atoms with Crippen molar-refractivity contribution in [3.05, 3.63) is 0 Å². The summed E-state index contributed by atoms with van der Waals surface area (Å²) in [7, 11) is 2.28. The highest BCUT2D eigenvalue weighted by atomic mass is 13.9. The van der Waals surface area contributed by atoms with Crippen LogP contribution < -0.4 is 0 Å². The fraction of sp³-hybridized carbons (Fsp3) is 1.00. The van der Waals surface area contributed by atoms with Crippen LogP contribution in [0.25, 0.3) is 0 Å². The van der Waals surface area contributed by atoms with Gasteiger partial charge in [-0.1, -0.05) is 39.3 Å². The van der Waals surface area contributed by atoms with Crippen LogP contribution in [0.1, 0.15) is 26.7 Å². The first kappa shape index (κ1) is 7.06. The zero-order valence-electron chi connectivity index (χ0n) is 5.57. The van der Waals surface area contributed by atoms with Crippen LogP contribution in [0.4, 0.5) is 0 Å². The average molecular weight is 97.0 g/mol. The zero-order valence-corrected chi connectivity index (χ0v) is 5.57. The van der Waals surface area contributed by atoms with E-state index in [0.717, 1.165) is 5.82 Å². The van der Waals surface area contributed by atoms with Gasteiger partial charge in [0.1, 0.15) is 7.28 Å². The van der Waals surface area contributed by atoms with E-state index in [2.05, 4.69) is 28.0 Å². The minimum Gasteiger partial charge on any atom is -0.0917 e. The van der Waals surface area contributed by atoms with Crippen LogP contribution in [0.3, 0.4) is 0 Å². The lowest BCUT2D eigenvalue weighted by Gasteiger charge is -2.04. The van der Waals surface area contributed by atoms with Crippen molar-refractivity contribution in [3.63, 3.8) is 0 Å². The molecule has 0 saturated heterocycles. The Morgan fingerprint density at radius 2 is 1.71 bits per heavy atom. The first-order valence-corrected chi connectivity index (χ1v) is 3.14. The van der Waals surface area contributed by atoms with E-state index >= 15 is 0 Å². The molecule has 7 heavy (non-hydrogen) atoms. The average Bonchev–Trinajstić information content (AvgIpc) is 1.72. The molecule has 0 aliphatic heterocycles. The highest BCUT2D eigenvalue weighted by molar-refractivity contribution is 6.35. The molecule has 0 aromatic rings. The fourth-order valence-corrected chi connectivity index (χ4v) is 0.760. The summed E-state index contributed by atoms with van der Waals surface area (Å²) in [5.74, 6) is 0.861. The Kier molecular flexibility index (Phi) is 4.27. The van der Waals surface area contributed by atoms with Crippen LogP contribution in [-0.2, 0) is 0 Å². The van der Waals surface area contributed by atoms with E-state index in [1.54, 1.807) is 0 Å². The van der Waals surface area contributed by atoms with Crippen molar-refractivity contribution in [1.29, 1.82) is 0 Å². The molecule has 0 bridgehead atoms. The van der Waals surface area contributed by atoms with Crippen molar-refractivity contribution in [2.24, 2.45) is 0 Å². The van der Waals surface area contributed by atoms with Crippen LogP contribution in [0.2, 0.25) is 12.6 Å². The van der Waals surface area contributed by atoms with Gasteiger partial charge in [-0.15, -0.1) is 0 Å². The van der Waals surface area contributed by atoms with Crippen molar-refractivity contribution in [1.82, 2.24) is 0 Å². The molecule has 0 unspecified atom stereocenters. The second kappa shape index (κ2) is 4.23. The lowest BCUT2D eigenvalue weighted by molar-refractivity contribution is 0.761. The Bertz CT molecular complexity index is 25.7. The van der Waals surface area contributed by atoms with Gasteiger partial charge < -0.3 is 0 Å². The quantitative estimate of drug-likeness (QED) is 0.474. The van der Waals surface area contributed by atoms with Crippen molar-refractivity contribution in [2.75, 3.05) is 0 Å². The van der Waals surface area contributed by atoms with E-state index in [9.17, 15) is 0 Å². The monoisotopic (exact) mass is 97.1 g/mol. The third-order valence-electron chi connectivity index (χ3n) is 1.52. The summed E-state index contributed by atoms with van der Waals surface area (Å²) in [5.41, 5.74) is 0. The normalized spacial score (nSPS) is 9.71. The molecule has 0 fully saturated rings. The van der Waals surface area contributed by atoms with Crippen LogP contribution in [-0.4, -0.2) is 7.28 Å². The van der Waals surface area contributed by atoms with E-state index in [0.29, 0.717) is 0 Å². The lowest BCUT2D eigenvalue weighted by Crippen LogP contribution is -1.94. The molecule has 0 heterocycles. The van der Waals surface area contributed by atoms with Gasteiger partial charge in [-0.25, -0.2) is 0 Å². The number of hydrogen-bond acceptors (Lipinski definition) is 0. The maximum atomic E-state index is 2.28. The molecule has 0 aliphatic rings. The summed E-state index contributed by atoms with van der Waals surface area (Å²) in [4.78, 5) is 0. The third kappa shape index (κ3) is 2.72. The molecule has 41 valence electrons. The SMILES string of the molecule is C[B]C(CC)CC. The molecule has 0 aromatic carbocycles. The number of rotatable bonds is 3. The van der Waals surface area contributed by atoms with Crippen LogP contribution in [0.15, 0.2) is 0 Å². The predicted molar refractivity (Wildman–Crippen MR) is 35.9 cm³/mol. The minimum absolute atomic E-state index is 0.861. The molecule has 0 N–H and O–H groups in total. The van der Waals surface area contributed by atoms with Gasteiger partial charge in [-0.3, -0.25) is 0 Å². The van der Waals surface area contributed by atoms with Gasteiger partial charge >= 0.3 is 0 Å². The molecular formula is C6H14B. The summed E-state index contributed by atoms with van der Waals surface area (Å²) in [6.45, 7) is 6.60. The topological polar surface area (TPSA) is 0 Å². The van der Waals surface area contributed by atoms with Crippen molar-refractivity contribution in [2.45, 2.75) is 39.3 Å². The van der Waals surface area contributed by atoms with Gasteiger partial charge in [-0.05, 0) is 0 Å². The second-order valence-corrected chi connectivity index (χ2v) is 1.91. The van der Waals surface area contributed by atoms with Gasteiger partial charge in [0.25, 0.3) is 0 Å². The van der Waals surface area contributed by atoms with Gasteiger partial charge in [0.15, 0.2) is 0 Å². The molecule has 1 radical (unpaired) electrons. The maximum Gasteiger partial charge on any atom is 0.110 e. The van der Waals surface area contributed by atoms with Crippen LogP contribution in [0, 0.1) is 0 Å². The molecule has 1 heteroatoms. The Morgan fingerprint density at radius 1 is 1.29 bits per heavy atom. The molecule has 0 nitrogen and oxygen atoms in total. The minimum atomic E-state index is 0.861. The van der Waals surface area contributed by atoms with Crippen molar-refractivity contribution >= 4 is 7.28 Å². The molecule has 0 amide bonds. The Labute approximate surface area is 47.6 Å². The van der Waals surface area contributed by atoms with Gasteiger partial charge in [0.05, 0.1) is 0 Å². The lowest BCUT2D eigenvalue weighted by atomic mass is 9.64. The van der Waals surface area contributed by atoms with Crippen LogP contribution in [0.5, 0.6) is 0 Å². The van der Waals surface area contributed by atoms with E-state index in [1.165, 1.54) is 12.8 Å². The van der Waals surface area contributed by atoms with E-state index < -0.39 is 0 Å². The van der Waals surface area contributed by atoms with E-state index in [1.807, 2.05) is 0 Å². The van der Waals surface area contributed by atoms with E-state index in [4.69, 9.17) is 0 Å². The Hall–Kier alpha value is 0.0649. The Balaban J connectivity index is 2.99. The third-order valence-corrected chi connectivity index (χ3v) is 1.52. The maximum absolute atomic E-state index is 2.28. The first-order valence-electron chi connectivity index (χ1n) is 3.14. The van der Waals surface area contributed by atoms with Gasteiger partial charge in [0.2, 0.25) is 0 Å². The molecule has 0 atom stereocenters. The molecular weight excluding hydrogens is 82.9 g/mol. The van der Waals surface area contributed by atoms with Gasteiger partial charge in [-0.2, -0.15) is 0 Å². The molecule has 0 aliphatic carbocycles. The van der Waals surface area contributed by atoms with Crippen molar-refractivity contribution in [3.8, 4) is 0 Å².